The van der Waals surface area contributed by atoms with Crippen molar-refractivity contribution in [1.29, 1.82) is 0 Å². The third-order valence-corrected chi connectivity index (χ3v) is 4.36. The maximum absolute atomic E-state index is 10.8. The minimum atomic E-state index is -0.721. The molecular formula is C14H16ClN5O3. The molecule has 0 amide bonds. The number of halogens is 1. The largest absolute Gasteiger partial charge is 0.389 e. The van der Waals surface area contributed by atoms with Crippen LogP contribution in [0.1, 0.15) is 11.6 Å². The molecule has 0 spiro atoms. The Morgan fingerprint density at radius 2 is 2.17 bits per heavy atom. The summed E-state index contributed by atoms with van der Waals surface area (Å²) < 4.78 is 13.1. The second kappa shape index (κ2) is 6.14. The molecule has 2 bridgehead atoms. The van der Waals surface area contributed by atoms with Crippen molar-refractivity contribution < 1.29 is 14.6 Å². The Kier molecular flexibility index (Phi) is 4.00. The number of hydrogen-bond acceptors (Lipinski definition) is 7. The summed E-state index contributed by atoms with van der Waals surface area (Å²) in [5, 5.41) is 18.8. The van der Waals surface area contributed by atoms with Crippen LogP contribution in [0.4, 0.5) is 0 Å². The van der Waals surface area contributed by atoms with Crippen LogP contribution < -0.4 is 5.32 Å². The molecule has 2 N–H and O–H groups in total. The average molecular weight is 338 g/mol. The van der Waals surface area contributed by atoms with Gasteiger partial charge in [0.25, 0.3) is 0 Å². The van der Waals surface area contributed by atoms with E-state index >= 15 is 0 Å². The zero-order valence-electron chi connectivity index (χ0n) is 12.1. The Morgan fingerprint density at radius 3 is 2.91 bits per heavy atom. The highest BCUT2D eigenvalue weighted by atomic mass is 35.5. The number of aromatic nitrogens is 4. The molecule has 23 heavy (non-hydrogen) atoms. The first kappa shape index (κ1) is 15.0. The fourth-order valence-corrected chi connectivity index (χ4v) is 3.21. The molecule has 0 saturated carbocycles. The van der Waals surface area contributed by atoms with Gasteiger partial charge in [-0.2, -0.15) is 5.10 Å². The van der Waals surface area contributed by atoms with Crippen molar-refractivity contribution in [2.75, 3.05) is 6.61 Å². The predicted molar refractivity (Wildman–Crippen MR) is 79.6 cm³/mol. The summed E-state index contributed by atoms with van der Waals surface area (Å²) in [6.45, 7) is 0.954. The highest BCUT2D eigenvalue weighted by Gasteiger charge is 2.51. The summed E-state index contributed by atoms with van der Waals surface area (Å²) in [6, 6.07) is -0.743. The van der Waals surface area contributed by atoms with Crippen LogP contribution in [0, 0.1) is 0 Å². The zero-order chi connectivity index (χ0) is 15.8. The first-order chi connectivity index (χ1) is 11.2. The summed E-state index contributed by atoms with van der Waals surface area (Å²) in [6.07, 6.45) is 6.67. The van der Waals surface area contributed by atoms with Crippen molar-refractivity contribution >= 4 is 11.6 Å². The highest BCUT2D eigenvalue weighted by molar-refractivity contribution is 6.30. The summed E-state index contributed by atoms with van der Waals surface area (Å²) in [5.41, 5.74) is 0.930. The van der Waals surface area contributed by atoms with Crippen molar-refractivity contribution in [2.45, 2.75) is 37.1 Å². The highest BCUT2D eigenvalue weighted by Crippen LogP contribution is 2.35. The lowest BCUT2D eigenvalue weighted by atomic mass is 9.96. The second-order valence-electron chi connectivity index (χ2n) is 5.65. The molecule has 0 aliphatic carbocycles. The van der Waals surface area contributed by atoms with Gasteiger partial charge in [0.2, 0.25) is 0 Å². The number of ether oxygens (including phenoxy) is 2. The second-order valence-corrected chi connectivity index (χ2v) is 6.09. The quantitative estimate of drug-likeness (QED) is 0.819. The van der Waals surface area contributed by atoms with Crippen molar-refractivity contribution in [2.24, 2.45) is 0 Å². The van der Waals surface area contributed by atoms with Crippen molar-refractivity contribution in [3.8, 4) is 0 Å². The average Bonchev–Trinajstić information content (AvgIpc) is 3.17. The van der Waals surface area contributed by atoms with Gasteiger partial charge in [0.15, 0.2) is 6.29 Å². The van der Waals surface area contributed by atoms with Gasteiger partial charge in [-0.05, 0) is 0 Å². The molecular weight excluding hydrogens is 322 g/mol. The van der Waals surface area contributed by atoms with Gasteiger partial charge in [-0.25, -0.2) is 9.97 Å². The maximum atomic E-state index is 10.8. The van der Waals surface area contributed by atoms with E-state index in [2.05, 4.69) is 20.4 Å². The van der Waals surface area contributed by atoms with E-state index in [0.717, 1.165) is 5.56 Å². The number of nitrogens with zero attached hydrogens (tertiary/aromatic N) is 4. The summed E-state index contributed by atoms with van der Waals surface area (Å²) in [5.74, 6) is 0. The first-order valence-electron chi connectivity index (χ1n) is 7.34. The number of rotatable bonds is 4. The van der Waals surface area contributed by atoms with Crippen LogP contribution in [0.3, 0.4) is 0 Å². The monoisotopic (exact) mass is 337 g/mol. The van der Waals surface area contributed by atoms with Crippen LogP contribution >= 0.6 is 11.6 Å². The molecule has 8 nitrogen and oxygen atoms in total. The number of fused-ring (bicyclic) bond motifs is 2. The van der Waals surface area contributed by atoms with Gasteiger partial charge in [-0.1, -0.05) is 11.6 Å². The molecule has 0 aromatic carbocycles. The van der Waals surface area contributed by atoms with Crippen LogP contribution in [-0.2, 0) is 16.0 Å². The fourth-order valence-electron chi connectivity index (χ4n) is 3.07. The summed E-state index contributed by atoms with van der Waals surface area (Å²) >= 11 is 5.93. The smallest absolute Gasteiger partial charge is 0.183 e. The van der Waals surface area contributed by atoms with Gasteiger partial charge in [0.05, 0.1) is 30.0 Å². The van der Waals surface area contributed by atoms with Crippen LogP contribution in [-0.4, -0.2) is 56.0 Å². The normalized spacial score (nSPS) is 33.0. The minimum Gasteiger partial charge on any atom is -0.389 e. The lowest BCUT2D eigenvalue weighted by Gasteiger charge is -2.38. The number of hydrogen-bond donors (Lipinski definition) is 2. The van der Waals surface area contributed by atoms with Gasteiger partial charge < -0.3 is 19.9 Å². The molecule has 5 atom stereocenters. The fraction of sp³-hybridized carbons (Fsp3) is 0.500. The molecule has 4 rings (SSSR count). The van der Waals surface area contributed by atoms with Crippen molar-refractivity contribution in [1.82, 2.24) is 25.1 Å². The zero-order valence-corrected chi connectivity index (χ0v) is 12.9. The molecule has 2 aromatic heterocycles. The van der Waals surface area contributed by atoms with E-state index in [1.807, 2.05) is 0 Å². The van der Waals surface area contributed by atoms with E-state index in [4.69, 9.17) is 21.1 Å². The molecule has 2 aromatic rings. The van der Waals surface area contributed by atoms with Crippen molar-refractivity contribution in [3.63, 3.8) is 0 Å². The van der Waals surface area contributed by atoms with E-state index < -0.39 is 18.4 Å². The molecule has 2 saturated heterocycles. The van der Waals surface area contributed by atoms with Gasteiger partial charge in [-0.15, -0.1) is 0 Å². The van der Waals surface area contributed by atoms with Crippen molar-refractivity contribution in [3.05, 3.63) is 41.7 Å². The molecule has 0 radical (unpaired) electrons. The number of aliphatic hydroxyl groups excluding tert-OH is 1. The first-order valence-corrected chi connectivity index (χ1v) is 7.72. The van der Waals surface area contributed by atoms with E-state index in [1.54, 1.807) is 23.3 Å². The van der Waals surface area contributed by atoms with E-state index in [0.29, 0.717) is 18.2 Å². The molecule has 2 aliphatic heterocycles. The molecule has 2 aliphatic rings. The minimum absolute atomic E-state index is 0.207. The number of aliphatic hydroxyl groups is 1. The molecule has 9 heteroatoms. The molecule has 2 fully saturated rings. The molecule has 5 unspecified atom stereocenters. The Balaban J connectivity index is 1.52. The van der Waals surface area contributed by atoms with Gasteiger partial charge in [-0.3, -0.25) is 4.68 Å². The third kappa shape index (κ3) is 2.84. The van der Waals surface area contributed by atoms with Gasteiger partial charge in [0, 0.05) is 30.7 Å². The lowest BCUT2D eigenvalue weighted by Crippen LogP contribution is -2.57. The summed E-state index contributed by atoms with van der Waals surface area (Å²) in [4.78, 5) is 7.96. The third-order valence-electron chi connectivity index (χ3n) is 4.16. The summed E-state index contributed by atoms with van der Waals surface area (Å²) in [7, 11) is 0. The van der Waals surface area contributed by atoms with Crippen LogP contribution in [0.5, 0.6) is 0 Å². The topological polar surface area (TPSA) is 94.3 Å². The van der Waals surface area contributed by atoms with Crippen LogP contribution in [0.15, 0.2) is 31.1 Å². The van der Waals surface area contributed by atoms with E-state index in [1.165, 1.54) is 12.5 Å². The van der Waals surface area contributed by atoms with E-state index in [-0.39, 0.29) is 12.1 Å². The standard InChI is InChI=1S/C14H16ClN5O3/c15-9-4-19-20(5-9)12-13(21)11(10-6-22-14(12)23-10)18-3-8-1-16-7-17-2-8/h1-2,4-5,7,10-14,18,21H,3,6H2. The Morgan fingerprint density at radius 1 is 1.35 bits per heavy atom. The Bertz CT molecular complexity index is 669. The Labute approximate surface area is 137 Å². The molecule has 4 heterocycles. The van der Waals surface area contributed by atoms with Gasteiger partial charge >= 0.3 is 0 Å². The van der Waals surface area contributed by atoms with Crippen LogP contribution in [0.2, 0.25) is 5.02 Å². The number of nitrogens with one attached hydrogen (secondary N) is 1. The molecule has 122 valence electrons. The van der Waals surface area contributed by atoms with E-state index in [9.17, 15) is 5.11 Å². The maximum Gasteiger partial charge on any atom is 0.183 e. The lowest BCUT2D eigenvalue weighted by molar-refractivity contribution is -0.168. The SMILES string of the molecule is OC1C(NCc2cncnc2)C2COC(O2)C1n1cc(Cl)cn1. The van der Waals surface area contributed by atoms with Crippen LogP contribution in [0.25, 0.3) is 0 Å². The Hall–Kier alpha value is -1.58. The predicted octanol–water partition coefficient (Wildman–Crippen LogP) is 0.142. The van der Waals surface area contributed by atoms with Gasteiger partial charge in [0.1, 0.15) is 18.5 Å².